The summed E-state index contributed by atoms with van der Waals surface area (Å²) in [4.78, 5) is 6.23. The number of rotatable bonds is 5. The molecule has 0 radical (unpaired) electrons. The molecule has 0 aliphatic heterocycles. The molecule has 0 N–H and O–H groups in total. The van der Waals surface area contributed by atoms with Gasteiger partial charge in [0.1, 0.15) is 10.0 Å². The average molecular weight is 477 g/mol. The Labute approximate surface area is 178 Å². The molecule has 31 heavy (non-hydrogen) atoms. The van der Waals surface area contributed by atoms with Gasteiger partial charge in [0.05, 0.1) is 5.56 Å². The van der Waals surface area contributed by atoms with Crippen LogP contribution in [0.15, 0.2) is 64.3 Å². The monoisotopic (exact) mass is 476 g/mol. The first-order valence-electron chi connectivity index (χ1n) is 8.74. The van der Waals surface area contributed by atoms with Crippen LogP contribution < -0.4 is 0 Å². The van der Waals surface area contributed by atoms with Crippen LogP contribution in [0.1, 0.15) is 11.3 Å². The van der Waals surface area contributed by atoms with Crippen LogP contribution in [-0.4, -0.2) is 19.7 Å². The van der Waals surface area contributed by atoms with Crippen molar-refractivity contribution < 1.29 is 24.0 Å². The number of halogens is 6. The highest BCUT2D eigenvalue weighted by atomic mass is 35.5. The Hall–Kier alpha value is -2.92. The number of benzene rings is 1. The van der Waals surface area contributed by atoms with Crippen LogP contribution in [0.5, 0.6) is 0 Å². The Morgan fingerprint density at radius 3 is 2.32 bits per heavy atom. The second kappa shape index (κ2) is 6.54. The lowest BCUT2D eigenvalue weighted by Gasteiger charge is -2.40. The van der Waals surface area contributed by atoms with E-state index in [4.69, 9.17) is 16.1 Å². The zero-order chi connectivity index (χ0) is 22.5. The summed E-state index contributed by atoms with van der Waals surface area (Å²) in [6, 6.07) is 7.72. The zero-order valence-electron chi connectivity index (χ0n) is 15.8. The number of nitrogens with zero attached hydrogens (tertiary/aromatic N) is 4. The van der Waals surface area contributed by atoms with E-state index in [0.717, 1.165) is 23.4 Å². The molecule has 0 aliphatic carbocycles. The van der Waals surface area contributed by atoms with Crippen LogP contribution in [-0.2, 0) is 6.54 Å². The summed E-state index contributed by atoms with van der Waals surface area (Å²) in [5, 5.41) is 4.13. The summed E-state index contributed by atoms with van der Waals surface area (Å²) in [5.74, 6) is 0.124. The molecule has 5 nitrogen and oxygen atoms in total. The summed E-state index contributed by atoms with van der Waals surface area (Å²) in [6.07, 6.45) is 3.43. The minimum atomic E-state index is -9.73. The molecule has 0 bridgehead atoms. The molecule has 0 spiro atoms. The first-order chi connectivity index (χ1) is 14.3. The number of hydrogen-bond acceptors (Lipinski definition) is 4. The topological polar surface area (TPSA) is 56.7 Å². The van der Waals surface area contributed by atoms with E-state index < -0.39 is 15.1 Å². The molecular weight excluding hydrogens is 463 g/mol. The van der Waals surface area contributed by atoms with Gasteiger partial charge in [-0.3, -0.25) is 0 Å². The van der Waals surface area contributed by atoms with Crippen LogP contribution in [0, 0.1) is 6.92 Å². The zero-order valence-corrected chi connectivity index (χ0v) is 17.3. The molecule has 0 saturated carbocycles. The first kappa shape index (κ1) is 21.3. The highest BCUT2D eigenvalue weighted by Gasteiger charge is 2.65. The fraction of sp³-hybridized carbons (Fsp3) is 0.105. The van der Waals surface area contributed by atoms with E-state index in [0.29, 0.717) is 29.4 Å². The number of aromatic nitrogens is 4. The average Bonchev–Trinajstić information content (AvgIpc) is 3.29. The van der Waals surface area contributed by atoms with Crippen molar-refractivity contribution in [3.8, 4) is 22.8 Å². The molecule has 164 valence electrons. The molecule has 12 heteroatoms. The van der Waals surface area contributed by atoms with Crippen molar-refractivity contribution in [1.29, 1.82) is 0 Å². The van der Waals surface area contributed by atoms with Crippen molar-refractivity contribution >= 4 is 21.8 Å². The summed E-state index contributed by atoms with van der Waals surface area (Å²) < 4.78 is 71.4. The quantitative estimate of drug-likeness (QED) is 0.224. The lowest BCUT2D eigenvalue weighted by molar-refractivity contribution is 0.364. The third-order valence-corrected chi connectivity index (χ3v) is 5.87. The van der Waals surface area contributed by atoms with E-state index in [1.165, 1.54) is 0 Å². The summed E-state index contributed by atoms with van der Waals surface area (Å²) >= 11 is 5.79. The number of pyridine rings is 1. The maximum atomic E-state index is 12.9. The van der Waals surface area contributed by atoms with Crippen molar-refractivity contribution in [2.24, 2.45) is 0 Å². The van der Waals surface area contributed by atoms with Crippen LogP contribution in [0.2, 0.25) is 5.15 Å². The largest absolute Gasteiger partial charge is 0.346 e. The molecule has 4 aromatic rings. The highest BCUT2D eigenvalue weighted by molar-refractivity contribution is 8.45. The van der Waals surface area contributed by atoms with E-state index in [-0.39, 0.29) is 17.3 Å². The van der Waals surface area contributed by atoms with Crippen LogP contribution in [0.4, 0.5) is 19.4 Å². The number of hydrogen-bond donors (Lipinski definition) is 0. The predicted molar refractivity (Wildman–Crippen MR) is 108 cm³/mol. The van der Waals surface area contributed by atoms with Crippen molar-refractivity contribution in [3.05, 3.63) is 71.3 Å². The molecule has 1 aromatic carbocycles. The molecule has 0 atom stereocenters. The third-order valence-electron chi connectivity index (χ3n) is 4.48. The minimum Gasteiger partial charge on any atom is -0.346 e. The maximum absolute atomic E-state index is 12.9. The number of aryl methyl sites for hydroxylation is 1. The van der Waals surface area contributed by atoms with Gasteiger partial charge in [-0.1, -0.05) is 42.3 Å². The lowest BCUT2D eigenvalue weighted by Crippen LogP contribution is -2.05. The van der Waals surface area contributed by atoms with Gasteiger partial charge in [0, 0.05) is 30.2 Å². The molecule has 4 rings (SSSR count). The summed E-state index contributed by atoms with van der Waals surface area (Å²) in [6.45, 7) is 2.40. The van der Waals surface area contributed by atoms with Crippen molar-refractivity contribution in [1.82, 2.24) is 19.7 Å². The molecular formula is C19H14ClF5N4OS. The van der Waals surface area contributed by atoms with Crippen molar-refractivity contribution in [3.63, 3.8) is 0 Å². The second-order valence-electron chi connectivity index (χ2n) is 6.90. The SMILES string of the molecule is Cc1cc(-c2nc(-c3ccc(S(F)(F)(F)(F)F)cc3)no2)cn1Cc1ccc(Cl)nc1. The molecule has 0 saturated heterocycles. The van der Waals surface area contributed by atoms with Gasteiger partial charge in [-0.15, -0.1) is 0 Å². The van der Waals surface area contributed by atoms with Gasteiger partial charge in [0.15, 0.2) is 0 Å². The Morgan fingerprint density at radius 2 is 1.71 bits per heavy atom. The van der Waals surface area contributed by atoms with Crippen molar-refractivity contribution in [2.45, 2.75) is 18.4 Å². The highest BCUT2D eigenvalue weighted by Crippen LogP contribution is 3.02. The van der Waals surface area contributed by atoms with Crippen LogP contribution in [0.3, 0.4) is 0 Å². The van der Waals surface area contributed by atoms with Gasteiger partial charge in [0.25, 0.3) is 5.89 Å². The van der Waals surface area contributed by atoms with Gasteiger partial charge >= 0.3 is 10.2 Å². The van der Waals surface area contributed by atoms with E-state index in [1.54, 1.807) is 24.5 Å². The van der Waals surface area contributed by atoms with E-state index in [9.17, 15) is 19.4 Å². The Kier molecular flexibility index (Phi) is 4.50. The van der Waals surface area contributed by atoms with Gasteiger partial charge in [-0.05, 0) is 48.9 Å². The standard InChI is InChI=1S/C19H14ClF5N4OS/c1-12-8-15(11-29(12)10-13-2-7-17(20)26-9-13)19-27-18(28-30-19)14-3-5-16(6-4-14)31(21,22,23,24)25/h2-9,11H,10H2,1H3. The normalized spacial score (nSPS) is 14.3. The van der Waals surface area contributed by atoms with Gasteiger partial charge in [-0.25, -0.2) is 4.98 Å². The Balaban J connectivity index is 1.57. The smallest absolute Gasteiger partial charge is 0.310 e. The van der Waals surface area contributed by atoms with Crippen LogP contribution in [0.25, 0.3) is 22.8 Å². The first-order valence-corrected chi connectivity index (χ1v) is 11.1. The summed E-state index contributed by atoms with van der Waals surface area (Å²) in [7, 11) is -9.73. The Morgan fingerprint density at radius 1 is 1.00 bits per heavy atom. The molecule has 0 amide bonds. The van der Waals surface area contributed by atoms with E-state index >= 15 is 0 Å². The maximum Gasteiger partial charge on any atom is 0.310 e. The van der Waals surface area contributed by atoms with E-state index in [1.807, 2.05) is 17.6 Å². The molecule has 0 fully saturated rings. The van der Waals surface area contributed by atoms with Gasteiger partial charge in [-0.2, -0.15) is 4.98 Å². The van der Waals surface area contributed by atoms with Crippen LogP contribution >= 0.6 is 21.8 Å². The molecule has 0 aliphatic rings. The molecule has 3 aromatic heterocycles. The molecule has 3 heterocycles. The Bertz CT molecular complexity index is 1250. The van der Waals surface area contributed by atoms with Gasteiger partial charge < -0.3 is 9.09 Å². The minimum absolute atomic E-state index is 0.0176. The van der Waals surface area contributed by atoms with Gasteiger partial charge in [0.2, 0.25) is 5.82 Å². The third kappa shape index (κ3) is 4.72. The van der Waals surface area contributed by atoms with Crippen molar-refractivity contribution in [2.75, 3.05) is 0 Å². The predicted octanol–water partition coefficient (Wildman–Crippen LogP) is 7.27. The fourth-order valence-electron chi connectivity index (χ4n) is 2.92. The lowest BCUT2D eigenvalue weighted by atomic mass is 10.2. The molecule has 0 unspecified atom stereocenters. The second-order valence-corrected chi connectivity index (χ2v) is 9.70. The summed E-state index contributed by atoms with van der Waals surface area (Å²) in [5.41, 5.74) is 2.53. The van der Waals surface area contributed by atoms with E-state index in [2.05, 4.69) is 15.1 Å². The fourth-order valence-corrected chi connectivity index (χ4v) is 3.68.